The molecule has 0 amide bonds. The number of nitrogens with zero attached hydrogens (tertiary/aromatic N) is 1. The minimum Gasteiger partial charge on any atom is -0.493 e. The first-order valence-corrected chi connectivity index (χ1v) is 10.6. The molecule has 0 N–H and O–H groups in total. The molecule has 0 spiro atoms. The minimum atomic E-state index is -0.901. The van der Waals surface area contributed by atoms with Crippen molar-refractivity contribution >= 4 is 28.9 Å². The molecule has 0 unspecified atom stereocenters. The number of benzene rings is 3. The second kappa shape index (κ2) is 9.23. The zero-order chi connectivity index (χ0) is 21.1. The second-order valence-corrected chi connectivity index (χ2v) is 8.40. The van der Waals surface area contributed by atoms with E-state index in [4.69, 9.17) is 27.9 Å². The Morgan fingerprint density at radius 1 is 0.833 bits per heavy atom. The van der Waals surface area contributed by atoms with Gasteiger partial charge in [0.05, 0.1) is 12.6 Å². The van der Waals surface area contributed by atoms with Gasteiger partial charge in [0.2, 0.25) is 0 Å². The van der Waals surface area contributed by atoms with Gasteiger partial charge in [-0.3, -0.25) is 0 Å². The summed E-state index contributed by atoms with van der Waals surface area (Å²) in [7, 11) is 0. The van der Waals surface area contributed by atoms with E-state index >= 15 is 0 Å². The van der Waals surface area contributed by atoms with Crippen LogP contribution in [0.3, 0.4) is 0 Å². The highest BCUT2D eigenvalue weighted by molar-refractivity contribution is 6.30. The average Bonchev–Trinajstić information content (AvgIpc) is 2.76. The van der Waals surface area contributed by atoms with Crippen LogP contribution >= 0.6 is 23.2 Å². The quantitative estimate of drug-likeness (QED) is 0.406. The molecule has 0 aliphatic carbocycles. The average molecular weight is 448 g/mol. The van der Waals surface area contributed by atoms with E-state index in [0.717, 1.165) is 37.2 Å². The summed E-state index contributed by atoms with van der Waals surface area (Å²) in [5.41, 5.74) is 2.28. The van der Waals surface area contributed by atoms with Crippen LogP contribution in [0.25, 0.3) is 0 Å². The van der Waals surface area contributed by atoms with Crippen LogP contribution in [-0.2, 0) is 0 Å². The number of hydrogen-bond donors (Lipinski definition) is 0. The van der Waals surface area contributed by atoms with Crippen molar-refractivity contribution in [2.24, 2.45) is 5.92 Å². The first-order valence-electron chi connectivity index (χ1n) is 9.85. The van der Waals surface area contributed by atoms with Crippen molar-refractivity contribution in [3.05, 3.63) is 94.0 Å². The fourth-order valence-electron chi connectivity index (χ4n) is 3.91. The Balaban J connectivity index is 1.51. The number of hydrogen-bond acceptors (Lipinski definition) is 2. The highest BCUT2D eigenvalue weighted by Crippen LogP contribution is 2.38. The van der Waals surface area contributed by atoms with Crippen LogP contribution in [0.1, 0.15) is 24.4 Å². The molecular formula is C24H21Cl2F2NO. The Kier molecular flexibility index (Phi) is 6.45. The Bertz CT molecular complexity index is 995. The smallest absolute Gasteiger partial charge is 0.162 e. The maximum absolute atomic E-state index is 13.4. The summed E-state index contributed by atoms with van der Waals surface area (Å²) in [5, 5.41) is 1.41. The molecule has 0 aromatic heterocycles. The number of piperidine rings is 1. The summed E-state index contributed by atoms with van der Waals surface area (Å²) in [5.74, 6) is -1.19. The fraction of sp³-hybridized carbons (Fsp3) is 0.250. The van der Waals surface area contributed by atoms with Gasteiger partial charge in [0.25, 0.3) is 0 Å². The van der Waals surface area contributed by atoms with Gasteiger partial charge in [-0.25, -0.2) is 8.78 Å². The molecule has 2 nitrogen and oxygen atoms in total. The molecule has 1 heterocycles. The summed E-state index contributed by atoms with van der Waals surface area (Å²) in [6.07, 6.45) is 1.90. The summed E-state index contributed by atoms with van der Waals surface area (Å²) in [6.45, 7) is 1.21. The molecule has 3 aromatic carbocycles. The zero-order valence-electron chi connectivity index (χ0n) is 16.2. The number of anilines is 1. The molecule has 3 aromatic rings. The van der Waals surface area contributed by atoms with E-state index in [2.05, 4.69) is 17.0 Å². The van der Waals surface area contributed by atoms with Crippen LogP contribution in [0.4, 0.5) is 14.5 Å². The van der Waals surface area contributed by atoms with Crippen LogP contribution in [-0.4, -0.2) is 13.2 Å². The van der Waals surface area contributed by atoms with Gasteiger partial charge in [0.1, 0.15) is 5.75 Å². The fourth-order valence-corrected chi connectivity index (χ4v) is 4.16. The molecule has 0 bridgehead atoms. The minimum absolute atomic E-state index is 0.211. The Hall–Kier alpha value is -2.30. The molecule has 1 aliphatic heterocycles. The summed E-state index contributed by atoms with van der Waals surface area (Å²) >= 11 is 12.2. The Morgan fingerprint density at radius 3 is 2.17 bits per heavy atom. The predicted octanol–water partition coefficient (Wildman–Crippen LogP) is 7.31. The molecule has 1 saturated heterocycles. The normalized spacial score (nSPS) is 19.0. The van der Waals surface area contributed by atoms with E-state index in [9.17, 15) is 8.78 Å². The van der Waals surface area contributed by atoms with E-state index in [1.54, 1.807) is 0 Å². The zero-order valence-corrected chi connectivity index (χ0v) is 17.7. The molecule has 2 atom stereocenters. The third kappa shape index (κ3) is 4.88. The standard InChI is InChI=1S/C24H21Cl2F2NO/c25-18-4-2-17(3-5-18)24-12-1-16(14-29(24)20-8-6-19(26)7-9-20)15-30-21-10-11-22(27)23(28)13-21/h2-11,13,16,24H,1,12,14-15H2/t16-,24+/m1/s1. The van der Waals surface area contributed by atoms with Gasteiger partial charge in [-0.1, -0.05) is 35.3 Å². The van der Waals surface area contributed by atoms with Gasteiger partial charge in [-0.2, -0.15) is 0 Å². The lowest BCUT2D eigenvalue weighted by Crippen LogP contribution is -2.40. The molecule has 1 aliphatic rings. The van der Waals surface area contributed by atoms with Crippen molar-refractivity contribution in [2.75, 3.05) is 18.1 Å². The van der Waals surface area contributed by atoms with Crippen molar-refractivity contribution in [1.29, 1.82) is 0 Å². The van der Waals surface area contributed by atoms with Gasteiger partial charge in [-0.05, 0) is 66.9 Å². The summed E-state index contributed by atoms with van der Waals surface area (Å²) in [6, 6.07) is 19.6. The lowest BCUT2D eigenvalue weighted by molar-refractivity contribution is 0.215. The van der Waals surface area contributed by atoms with E-state index in [1.807, 2.05) is 36.4 Å². The van der Waals surface area contributed by atoms with Gasteiger partial charge in [0.15, 0.2) is 11.6 Å². The molecule has 0 radical (unpaired) electrons. The molecule has 156 valence electrons. The number of ether oxygens (including phenoxy) is 1. The molecular weight excluding hydrogens is 427 g/mol. The van der Waals surface area contributed by atoms with E-state index in [1.165, 1.54) is 11.6 Å². The topological polar surface area (TPSA) is 12.5 Å². The molecule has 1 fully saturated rings. The van der Waals surface area contributed by atoms with Gasteiger partial charge in [0, 0.05) is 34.3 Å². The highest BCUT2D eigenvalue weighted by atomic mass is 35.5. The lowest BCUT2D eigenvalue weighted by Gasteiger charge is -2.41. The molecule has 6 heteroatoms. The highest BCUT2D eigenvalue weighted by Gasteiger charge is 2.30. The Morgan fingerprint density at radius 2 is 1.50 bits per heavy atom. The van der Waals surface area contributed by atoms with Gasteiger partial charge in [-0.15, -0.1) is 0 Å². The van der Waals surface area contributed by atoms with Crippen LogP contribution in [0.15, 0.2) is 66.7 Å². The largest absolute Gasteiger partial charge is 0.493 e. The summed E-state index contributed by atoms with van der Waals surface area (Å²) in [4.78, 5) is 2.35. The van der Waals surface area contributed by atoms with Crippen molar-refractivity contribution in [2.45, 2.75) is 18.9 Å². The lowest BCUT2D eigenvalue weighted by atomic mass is 9.89. The molecule has 30 heavy (non-hydrogen) atoms. The number of rotatable bonds is 5. The van der Waals surface area contributed by atoms with Crippen LogP contribution in [0.2, 0.25) is 10.0 Å². The van der Waals surface area contributed by atoms with E-state index in [0.29, 0.717) is 22.4 Å². The van der Waals surface area contributed by atoms with Crippen molar-refractivity contribution in [1.82, 2.24) is 0 Å². The first-order chi connectivity index (χ1) is 14.5. The maximum Gasteiger partial charge on any atom is 0.162 e. The van der Waals surface area contributed by atoms with Crippen molar-refractivity contribution < 1.29 is 13.5 Å². The van der Waals surface area contributed by atoms with Crippen molar-refractivity contribution in [3.63, 3.8) is 0 Å². The van der Waals surface area contributed by atoms with Crippen LogP contribution in [0.5, 0.6) is 5.75 Å². The van der Waals surface area contributed by atoms with Crippen molar-refractivity contribution in [3.8, 4) is 5.75 Å². The molecule has 0 saturated carbocycles. The third-order valence-corrected chi connectivity index (χ3v) is 5.97. The molecule has 4 rings (SSSR count). The monoisotopic (exact) mass is 447 g/mol. The predicted molar refractivity (Wildman–Crippen MR) is 118 cm³/mol. The van der Waals surface area contributed by atoms with Crippen LogP contribution < -0.4 is 9.64 Å². The SMILES string of the molecule is Fc1ccc(OC[C@@H]2CC[C@@H](c3ccc(Cl)cc3)N(c3ccc(Cl)cc3)C2)cc1F. The third-order valence-electron chi connectivity index (χ3n) is 5.47. The van der Waals surface area contributed by atoms with Crippen LogP contribution in [0, 0.1) is 17.6 Å². The summed E-state index contributed by atoms with van der Waals surface area (Å²) < 4.78 is 32.3. The second-order valence-electron chi connectivity index (χ2n) is 7.53. The van der Waals surface area contributed by atoms with Gasteiger partial charge >= 0.3 is 0 Å². The van der Waals surface area contributed by atoms with E-state index in [-0.39, 0.29) is 12.0 Å². The van der Waals surface area contributed by atoms with E-state index < -0.39 is 11.6 Å². The Labute approximate surface area is 185 Å². The van der Waals surface area contributed by atoms with Gasteiger partial charge < -0.3 is 9.64 Å². The maximum atomic E-state index is 13.4. The first kappa shape index (κ1) is 21.0. The number of halogens is 4.